The van der Waals surface area contributed by atoms with E-state index in [1.165, 1.54) is 10.5 Å². The summed E-state index contributed by atoms with van der Waals surface area (Å²) in [4.78, 5) is 19.3. The molecule has 2 aromatic heterocycles. The smallest absolute Gasteiger partial charge is 0.372 e. The summed E-state index contributed by atoms with van der Waals surface area (Å²) in [5.41, 5.74) is 1.32. The fourth-order valence-corrected chi connectivity index (χ4v) is 2.08. The van der Waals surface area contributed by atoms with Crippen molar-refractivity contribution < 1.29 is 14.3 Å². The van der Waals surface area contributed by atoms with E-state index < -0.39 is 5.97 Å². The quantitative estimate of drug-likeness (QED) is 0.792. The minimum absolute atomic E-state index is 0.126. The monoisotopic (exact) mass is 271 g/mol. The van der Waals surface area contributed by atoms with Gasteiger partial charge in [-0.3, -0.25) is 4.40 Å². The van der Waals surface area contributed by atoms with Crippen LogP contribution in [-0.4, -0.2) is 25.4 Å². The second-order valence-electron chi connectivity index (χ2n) is 4.27. The summed E-state index contributed by atoms with van der Waals surface area (Å²) in [6.07, 6.45) is 3.32. The maximum atomic E-state index is 13.7. The maximum Gasteiger partial charge on any atom is 0.372 e. The Kier molecular flexibility index (Phi) is 2.90. The average Bonchev–Trinajstić information content (AvgIpc) is 2.81. The molecule has 0 amide bonds. The van der Waals surface area contributed by atoms with Gasteiger partial charge >= 0.3 is 5.97 Å². The topological polar surface area (TPSA) is 67.5 Å². The molecule has 0 spiro atoms. The molecule has 0 aliphatic rings. The van der Waals surface area contributed by atoms with E-state index in [1.807, 2.05) is 0 Å². The van der Waals surface area contributed by atoms with E-state index in [-0.39, 0.29) is 18.1 Å². The van der Waals surface area contributed by atoms with Crippen LogP contribution in [0.3, 0.4) is 0 Å². The molecule has 0 aliphatic carbocycles. The lowest BCUT2D eigenvalue weighted by molar-refractivity contribution is 0.0682. The first-order valence-corrected chi connectivity index (χ1v) is 5.95. The molecule has 3 rings (SSSR count). The molecule has 0 fully saturated rings. The average molecular weight is 271 g/mol. The van der Waals surface area contributed by atoms with Gasteiger partial charge in [-0.15, -0.1) is 0 Å². The highest BCUT2D eigenvalue weighted by Gasteiger charge is 2.18. The lowest BCUT2D eigenvalue weighted by Crippen LogP contribution is -2.03. The van der Waals surface area contributed by atoms with Crippen molar-refractivity contribution in [3.05, 3.63) is 65.6 Å². The standard InChI is InChI=1S/C14H10FN3O2/c15-10-5-2-1-4-9(10)8-11-12-16-6-3-7-18(12)13(17-11)14(19)20/h1-7H,8H2,(H,19,20). The summed E-state index contributed by atoms with van der Waals surface area (Å²) < 4.78 is 15.1. The largest absolute Gasteiger partial charge is 0.475 e. The molecule has 0 radical (unpaired) electrons. The van der Waals surface area contributed by atoms with Gasteiger partial charge in [0, 0.05) is 18.8 Å². The fraction of sp³-hybridized carbons (Fsp3) is 0.0714. The summed E-state index contributed by atoms with van der Waals surface area (Å²) in [5.74, 6) is -1.62. The normalized spacial score (nSPS) is 10.8. The Morgan fingerprint density at radius 1 is 1.30 bits per heavy atom. The van der Waals surface area contributed by atoms with Crippen molar-refractivity contribution in [3.8, 4) is 0 Å². The number of aromatic carboxylic acids is 1. The predicted octanol–water partition coefficient (Wildman–Crippen LogP) is 2.16. The highest BCUT2D eigenvalue weighted by molar-refractivity contribution is 5.85. The van der Waals surface area contributed by atoms with Crippen molar-refractivity contribution in [1.82, 2.24) is 14.4 Å². The maximum absolute atomic E-state index is 13.7. The molecule has 1 N–H and O–H groups in total. The lowest BCUT2D eigenvalue weighted by Gasteiger charge is -2.00. The van der Waals surface area contributed by atoms with Crippen LogP contribution in [0, 0.1) is 5.82 Å². The van der Waals surface area contributed by atoms with Gasteiger partial charge in [0.15, 0.2) is 5.65 Å². The van der Waals surface area contributed by atoms with E-state index >= 15 is 0 Å². The van der Waals surface area contributed by atoms with Crippen molar-refractivity contribution >= 4 is 11.6 Å². The number of carboxylic acids is 1. The molecular weight excluding hydrogens is 261 g/mol. The van der Waals surface area contributed by atoms with Crippen LogP contribution in [0.2, 0.25) is 0 Å². The number of carboxylic acid groups (broad SMARTS) is 1. The van der Waals surface area contributed by atoms with E-state index in [1.54, 1.807) is 36.7 Å². The Morgan fingerprint density at radius 2 is 2.10 bits per heavy atom. The molecule has 6 heteroatoms. The van der Waals surface area contributed by atoms with Crippen molar-refractivity contribution in [2.24, 2.45) is 0 Å². The second kappa shape index (κ2) is 4.73. The van der Waals surface area contributed by atoms with Crippen LogP contribution in [0.25, 0.3) is 5.65 Å². The van der Waals surface area contributed by atoms with Crippen LogP contribution >= 0.6 is 0 Å². The van der Waals surface area contributed by atoms with Crippen LogP contribution in [0.5, 0.6) is 0 Å². The molecule has 0 unspecified atom stereocenters. The second-order valence-corrected chi connectivity index (χ2v) is 4.27. The van der Waals surface area contributed by atoms with E-state index in [0.29, 0.717) is 16.9 Å². The third kappa shape index (κ3) is 2.01. The molecule has 20 heavy (non-hydrogen) atoms. The first kappa shape index (κ1) is 12.3. The van der Waals surface area contributed by atoms with Crippen LogP contribution in [0.1, 0.15) is 21.9 Å². The highest BCUT2D eigenvalue weighted by Crippen LogP contribution is 2.17. The van der Waals surface area contributed by atoms with Crippen molar-refractivity contribution in [2.45, 2.75) is 6.42 Å². The molecule has 0 atom stereocenters. The van der Waals surface area contributed by atoms with Gasteiger partial charge in [-0.25, -0.2) is 19.2 Å². The minimum Gasteiger partial charge on any atom is -0.475 e. The molecule has 0 saturated heterocycles. The molecular formula is C14H10FN3O2. The summed E-state index contributed by atoms with van der Waals surface area (Å²) in [6, 6.07) is 7.95. The Morgan fingerprint density at radius 3 is 2.85 bits per heavy atom. The SMILES string of the molecule is O=C(O)c1nc(Cc2ccccc2F)c2ncccn12. The zero-order chi connectivity index (χ0) is 14.1. The Labute approximate surface area is 113 Å². The minimum atomic E-state index is -1.15. The molecule has 100 valence electrons. The number of imidazole rings is 1. The number of nitrogens with zero attached hydrogens (tertiary/aromatic N) is 3. The molecule has 3 aromatic rings. The van der Waals surface area contributed by atoms with Gasteiger partial charge < -0.3 is 5.11 Å². The van der Waals surface area contributed by atoms with E-state index in [0.717, 1.165) is 0 Å². The van der Waals surface area contributed by atoms with Crippen LogP contribution < -0.4 is 0 Å². The summed E-state index contributed by atoms with van der Waals surface area (Å²) in [5, 5.41) is 9.13. The van der Waals surface area contributed by atoms with Crippen molar-refractivity contribution in [3.63, 3.8) is 0 Å². The van der Waals surface area contributed by atoms with E-state index in [4.69, 9.17) is 5.11 Å². The highest BCUT2D eigenvalue weighted by atomic mass is 19.1. The van der Waals surface area contributed by atoms with Gasteiger partial charge in [-0.1, -0.05) is 18.2 Å². The van der Waals surface area contributed by atoms with Gasteiger partial charge in [0.2, 0.25) is 5.82 Å². The first-order valence-electron chi connectivity index (χ1n) is 5.95. The third-order valence-electron chi connectivity index (χ3n) is 2.98. The number of carbonyl (C=O) groups is 1. The number of halogens is 1. The van der Waals surface area contributed by atoms with E-state index in [9.17, 15) is 9.18 Å². The number of aromatic nitrogens is 3. The molecule has 0 bridgehead atoms. The first-order chi connectivity index (χ1) is 9.66. The molecule has 0 aliphatic heterocycles. The summed E-state index contributed by atoms with van der Waals surface area (Å²) in [7, 11) is 0. The predicted molar refractivity (Wildman–Crippen MR) is 69.2 cm³/mol. The van der Waals surface area contributed by atoms with Crippen LogP contribution in [0.4, 0.5) is 4.39 Å². The van der Waals surface area contributed by atoms with Crippen LogP contribution in [0.15, 0.2) is 42.7 Å². The molecule has 1 aromatic carbocycles. The van der Waals surface area contributed by atoms with Gasteiger partial charge in [-0.2, -0.15) is 0 Å². The van der Waals surface area contributed by atoms with Crippen molar-refractivity contribution in [2.75, 3.05) is 0 Å². The van der Waals surface area contributed by atoms with Gasteiger partial charge in [-0.05, 0) is 17.7 Å². The van der Waals surface area contributed by atoms with Gasteiger partial charge in [0.25, 0.3) is 0 Å². The Balaban J connectivity index is 2.13. The summed E-state index contributed by atoms with van der Waals surface area (Å²) in [6.45, 7) is 0. The van der Waals surface area contributed by atoms with Crippen LogP contribution in [-0.2, 0) is 6.42 Å². The number of rotatable bonds is 3. The fourth-order valence-electron chi connectivity index (χ4n) is 2.08. The number of hydrogen-bond acceptors (Lipinski definition) is 3. The Bertz CT molecular complexity index is 798. The third-order valence-corrected chi connectivity index (χ3v) is 2.98. The number of fused-ring (bicyclic) bond motifs is 1. The molecule has 5 nitrogen and oxygen atoms in total. The van der Waals surface area contributed by atoms with E-state index in [2.05, 4.69) is 9.97 Å². The number of benzene rings is 1. The number of hydrogen-bond donors (Lipinski definition) is 1. The van der Waals surface area contributed by atoms with Gasteiger partial charge in [0.1, 0.15) is 5.82 Å². The zero-order valence-electron chi connectivity index (χ0n) is 10.3. The zero-order valence-corrected chi connectivity index (χ0v) is 10.3. The molecule has 0 saturated carbocycles. The van der Waals surface area contributed by atoms with Crippen molar-refractivity contribution in [1.29, 1.82) is 0 Å². The molecule has 2 heterocycles. The van der Waals surface area contributed by atoms with Gasteiger partial charge in [0.05, 0.1) is 5.69 Å². The lowest BCUT2D eigenvalue weighted by atomic mass is 10.1. The summed E-state index contributed by atoms with van der Waals surface area (Å²) >= 11 is 0. The Hall–Kier alpha value is -2.76.